The molecule has 0 fully saturated rings. The fourth-order valence-corrected chi connectivity index (χ4v) is 2.78. The molecular weight excluding hydrogens is 312 g/mol. The molecule has 6 heteroatoms. The van der Waals surface area contributed by atoms with Crippen LogP contribution >= 0.6 is 23.2 Å². The average Bonchev–Trinajstić information content (AvgIpc) is 2.71. The highest BCUT2D eigenvalue weighted by Crippen LogP contribution is 2.23. The molecule has 2 aromatic rings. The topological polar surface area (TPSA) is 43.8 Å². The van der Waals surface area contributed by atoms with Crippen LogP contribution in [0.4, 0.5) is 4.39 Å². The smallest absolute Gasteiger partial charge is 0.145 e. The summed E-state index contributed by atoms with van der Waals surface area (Å²) in [7, 11) is 0. The largest absolute Gasteiger partial charge is 0.327 e. The van der Waals surface area contributed by atoms with Gasteiger partial charge in [0, 0.05) is 19.0 Å². The zero-order chi connectivity index (χ0) is 15.6. The maximum atomic E-state index is 13.9. The number of rotatable bonds is 5. The van der Waals surface area contributed by atoms with Crippen LogP contribution in [0.5, 0.6) is 0 Å². The normalized spacial score (nSPS) is 12.7. The van der Waals surface area contributed by atoms with Crippen LogP contribution in [-0.2, 0) is 19.4 Å². The monoisotopic (exact) mass is 329 g/mol. The second-order valence-corrected chi connectivity index (χ2v) is 5.83. The average molecular weight is 330 g/mol. The van der Waals surface area contributed by atoms with E-state index in [4.69, 9.17) is 28.9 Å². The summed E-state index contributed by atoms with van der Waals surface area (Å²) in [6.07, 6.45) is 0.941. The summed E-state index contributed by atoms with van der Waals surface area (Å²) in [6.45, 7) is 4.58. The number of aryl methyl sites for hydroxylation is 2. The summed E-state index contributed by atoms with van der Waals surface area (Å²) in [5.41, 5.74) is 8.35. The van der Waals surface area contributed by atoms with Gasteiger partial charge in [-0.05, 0) is 31.9 Å². The van der Waals surface area contributed by atoms with Crippen molar-refractivity contribution in [1.82, 2.24) is 9.78 Å². The summed E-state index contributed by atoms with van der Waals surface area (Å²) in [4.78, 5) is 0. The summed E-state index contributed by atoms with van der Waals surface area (Å²) in [5.74, 6) is -0.402. The number of hydrogen-bond acceptors (Lipinski definition) is 2. The molecule has 1 atom stereocenters. The first kappa shape index (κ1) is 16.3. The predicted octanol–water partition coefficient (Wildman–Crippen LogP) is 3.77. The Morgan fingerprint density at radius 2 is 2.05 bits per heavy atom. The number of nitrogens with zero attached hydrogens (tertiary/aromatic N) is 2. The van der Waals surface area contributed by atoms with Gasteiger partial charge in [0.25, 0.3) is 0 Å². The van der Waals surface area contributed by atoms with Crippen LogP contribution in [0.1, 0.15) is 23.9 Å². The van der Waals surface area contributed by atoms with E-state index in [2.05, 4.69) is 5.10 Å². The zero-order valence-electron chi connectivity index (χ0n) is 12.0. The van der Waals surface area contributed by atoms with Crippen LogP contribution in [-0.4, -0.2) is 15.8 Å². The van der Waals surface area contributed by atoms with Gasteiger partial charge in [-0.2, -0.15) is 5.10 Å². The minimum atomic E-state index is -0.402. The van der Waals surface area contributed by atoms with Crippen LogP contribution in [0.15, 0.2) is 18.2 Å². The van der Waals surface area contributed by atoms with Gasteiger partial charge >= 0.3 is 0 Å². The standard InChI is InChI=1S/C15H18Cl2FN3/c1-3-21-13(14(17)9(2)20-21)8-11(19)7-10-5-4-6-12(16)15(10)18/h4-6,11H,3,7-8,19H2,1-2H3. The zero-order valence-corrected chi connectivity index (χ0v) is 13.5. The Balaban J connectivity index is 2.15. The van der Waals surface area contributed by atoms with Crippen molar-refractivity contribution in [2.75, 3.05) is 0 Å². The Hall–Kier alpha value is -1.10. The Kier molecular flexibility index (Phi) is 5.25. The van der Waals surface area contributed by atoms with Crippen molar-refractivity contribution in [3.05, 3.63) is 51.0 Å². The van der Waals surface area contributed by atoms with E-state index in [1.165, 1.54) is 6.07 Å². The lowest BCUT2D eigenvalue weighted by molar-refractivity contribution is 0.556. The van der Waals surface area contributed by atoms with Crippen molar-refractivity contribution in [3.63, 3.8) is 0 Å². The van der Waals surface area contributed by atoms with E-state index in [-0.39, 0.29) is 11.1 Å². The number of nitrogens with two attached hydrogens (primary N) is 1. The molecule has 21 heavy (non-hydrogen) atoms. The second kappa shape index (κ2) is 6.77. The van der Waals surface area contributed by atoms with E-state index in [1.807, 2.05) is 18.5 Å². The van der Waals surface area contributed by atoms with Gasteiger partial charge in [0.1, 0.15) is 5.82 Å². The van der Waals surface area contributed by atoms with Crippen molar-refractivity contribution in [1.29, 1.82) is 0 Å². The molecule has 0 saturated heterocycles. The van der Waals surface area contributed by atoms with Gasteiger partial charge in [0.15, 0.2) is 0 Å². The fourth-order valence-electron chi connectivity index (χ4n) is 2.37. The Morgan fingerprint density at radius 1 is 1.33 bits per heavy atom. The van der Waals surface area contributed by atoms with Crippen molar-refractivity contribution in [2.24, 2.45) is 5.73 Å². The number of halogens is 3. The number of aromatic nitrogens is 2. The molecule has 0 aliphatic carbocycles. The van der Waals surface area contributed by atoms with Gasteiger partial charge in [-0.15, -0.1) is 0 Å². The van der Waals surface area contributed by atoms with Crippen LogP contribution in [0.2, 0.25) is 10.0 Å². The lowest BCUT2D eigenvalue weighted by Gasteiger charge is -2.14. The highest BCUT2D eigenvalue weighted by molar-refractivity contribution is 6.32. The van der Waals surface area contributed by atoms with Gasteiger partial charge in [0.05, 0.1) is 21.4 Å². The summed E-state index contributed by atoms with van der Waals surface area (Å²) < 4.78 is 15.7. The third-order valence-electron chi connectivity index (χ3n) is 3.42. The Bertz CT molecular complexity index is 640. The lowest BCUT2D eigenvalue weighted by atomic mass is 10.0. The first-order valence-electron chi connectivity index (χ1n) is 6.84. The lowest BCUT2D eigenvalue weighted by Crippen LogP contribution is -2.27. The molecular formula is C15H18Cl2FN3. The van der Waals surface area contributed by atoms with Gasteiger partial charge in [0.2, 0.25) is 0 Å². The molecule has 1 unspecified atom stereocenters. The molecule has 1 heterocycles. The summed E-state index contributed by atoms with van der Waals surface area (Å²) in [6, 6.07) is 4.70. The maximum Gasteiger partial charge on any atom is 0.145 e. The summed E-state index contributed by atoms with van der Waals surface area (Å²) in [5, 5.41) is 5.11. The molecule has 0 spiro atoms. The van der Waals surface area contributed by atoms with E-state index < -0.39 is 5.82 Å². The highest BCUT2D eigenvalue weighted by atomic mass is 35.5. The van der Waals surface area contributed by atoms with Crippen molar-refractivity contribution < 1.29 is 4.39 Å². The summed E-state index contributed by atoms with van der Waals surface area (Å²) >= 11 is 12.0. The SMILES string of the molecule is CCn1nc(C)c(Cl)c1CC(N)Cc1cccc(Cl)c1F. The van der Waals surface area contributed by atoms with E-state index >= 15 is 0 Å². The van der Waals surface area contributed by atoms with E-state index in [9.17, 15) is 4.39 Å². The molecule has 0 saturated carbocycles. The second-order valence-electron chi connectivity index (χ2n) is 5.04. The van der Waals surface area contributed by atoms with Crippen LogP contribution in [0.25, 0.3) is 0 Å². The minimum Gasteiger partial charge on any atom is -0.327 e. The molecule has 0 aliphatic rings. The van der Waals surface area contributed by atoms with Gasteiger partial charge < -0.3 is 5.73 Å². The Morgan fingerprint density at radius 3 is 2.71 bits per heavy atom. The van der Waals surface area contributed by atoms with Crippen molar-refractivity contribution in [3.8, 4) is 0 Å². The molecule has 2 rings (SSSR count). The maximum absolute atomic E-state index is 13.9. The van der Waals surface area contributed by atoms with Crippen molar-refractivity contribution in [2.45, 2.75) is 39.3 Å². The van der Waals surface area contributed by atoms with Crippen molar-refractivity contribution >= 4 is 23.2 Å². The molecule has 0 amide bonds. The van der Waals surface area contributed by atoms with Gasteiger partial charge in [-0.1, -0.05) is 35.3 Å². The molecule has 114 valence electrons. The first-order valence-corrected chi connectivity index (χ1v) is 7.59. The number of benzene rings is 1. The third kappa shape index (κ3) is 3.57. The van der Waals surface area contributed by atoms with Crippen LogP contribution in [0, 0.1) is 12.7 Å². The highest BCUT2D eigenvalue weighted by Gasteiger charge is 2.17. The van der Waals surface area contributed by atoms with E-state index in [1.54, 1.807) is 12.1 Å². The van der Waals surface area contributed by atoms with E-state index in [0.717, 1.165) is 17.9 Å². The molecule has 0 bridgehead atoms. The van der Waals surface area contributed by atoms with Gasteiger partial charge in [-0.25, -0.2) is 4.39 Å². The fraction of sp³-hybridized carbons (Fsp3) is 0.400. The van der Waals surface area contributed by atoms with Crippen LogP contribution in [0.3, 0.4) is 0 Å². The third-order valence-corrected chi connectivity index (χ3v) is 4.21. The minimum absolute atomic E-state index is 0.118. The molecule has 0 aliphatic heterocycles. The Labute approximate surface area is 133 Å². The molecule has 0 radical (unpaired) electrons. The van der Waals surface area contributed by atoms with Crippen LogP contribution < -0.4 is 5.73 Å². The van der Waals surface area contributed by atoms with E-state index in [0.29, 0.717) is 23.4 Å². The molecule has 1 aromatic heterocycles. The molecule has 2 N–H and O–H groups in total. The molecule has 1 aromatic carbocycles. The predicted molar refractivity (Wildman–Crippen MR) is 84.4 cm³/mol. The van der Waals surface area contributed by atoms with Gasteiger partial charge in [-0.3, -0.25) is 4.68 Å². The first-order chi connectivity index (χ1) is 9.93. The molecule has 3 nitrogen and oxygen atoms in total. The quantitative estimate of drug-likeness (QED) is 0.907. The number of hydrogen-bond donors (Lipinski definition) is 1.